The summed E-state index contributed by atoms with van der Waals surface area (Å²) in [5.74, 6) is -1.66. The van der Waals surface area contributed by atoms with Crippen molar-refractivity contribution in [1.82, 2.24) is 4.98 Å². The molecule has 0 fully saturated rings. The second-order valence-electron chi connectivity index (χ2n) is 5.50. The van der Waals surface area contributed by atoms with Crippen LogP contribution in [0.3, 0.4) is 0 Å². The number of nitrogens with zero attached hydrogens (tertiary/aromatic N) is 2. The Bertz CT molecular complexity index is 1010. The van der Waals surface area contributed by atoms with E-state index in [1.807, 2.05) is 30.3 Å². The minimum Gasteiger partial charge on any atom is -0.465 e. The number of ether oxygens (including phenoxy) is 1. The van der Waals surface area contributed by atoms with Gasteiger partial charge >= 0.3 is 11.7 Å². The lowest BCUT2D eigenvalue weighted by Crippen LogP contribution is -2.05. The first kappa shape index (κ1) is 18.0. The normalized spacial score (nSPS) is 10.3. The van der Waals surface area contributed by atoms with Gasteiger partial charge in [-0.3, -0.25) is 10.1 Å². The van der Waals surface area contributed by atoms with Gasteiger partial charge in [-0.25, -0.2) is 14.2 Å². The van der Waals surface area contributed by atoms with Crippen molar-refractivity contribution < 1.29 is 18.8 Å². The van der Waals surface area contributed by atoms with Gasteiger partial charge in [-0.05, 0) is 24.3 Å². The number of pyridine rings is 1. The molecular formula is C19H14FN3O4. The van der Waals surface area contributed by atoms with Crippen LogP contribution in [-0.2, 0) is 4.74 Å². The number of methoxy groups -OCH3 is 1. The average molecular weight is 367 g/mol. The minimum atomic E-state index is -0.811. The van der Waals surface area contributed by atoms with Gasteiger partial charge in [-0.2, -0.15) is 0 Å². The molecule has 3 rings (SSSR count). The smallest absolute Gasteiger partial charge is 0.340 e. The highest BCUT2D eigenvalue weighted by Crippen LogP contribution is 2.29. The molecule has 2 aromatic carbocycles. The summed E-state index contributed by atoms with van der Waals surface area (Å²) in [6.07, 6.45) is 0. The Morgan fingerprint density at radius 3 is 2.52 bits per heavy atom. The Morgan fingerprint density at radius 1 is 1.15 bits per heavy atom. The quantitative estimate of drug-likeness (QED) is 0.410. The fraction of sp³-hybridized carbons (Fsp3) is 0.0526. The summed E-state index contributed by atoms with van der Waals surface area (Å²) in [6, 6.07) is 15.7. The second kappa shape index (κ2) is 7.61. The van der Waals surface area contributed by atoms with Gasteiger partial charge in [-0.1, -0.05) is 30.3 Å². The van der Waals surface area contributed by atoms with E-state index < -0.39 is 16.7 Å². The molecule has 8 heteroatoms. The highest BCUT2D eigenvalue weighted by atomic mass is 19.1. The molecule has 0 bridgehead atoms. The monoisotopic (exact) mass is 367 g/mol. The van der Waals surface area contributed by atoms with E-state index in [-0.39, 0.29) is 22.8 Å². The van der Waals surface area contributed by atoms with Gasteiger partial charge in [-0.15, -0.1) is 0 Å². The topological polar surface area (TPSA) is 94.4 Å². The zero-order valence-electron chi connectivity index (χ0n) is 14.2. The molecule has 0 radical (unpaired) electrons. The molecule has 1 heterocycles. The van der Waals surface area contributed by atoms with Gasteiger partial charge in [0.15, 0.2) is 0 Å². The third-order valence-corrected chi connectivity index (χ3v) is 3.78. The number of nitrogens with one attached hydrogen (secondary N) is 1. The molecule has 0 aliphatic heterocycles. The first-order valence-corrected chi connectivity index (χ1v) is 7.85. The largest absolute Gasteiger partial charge is 0.465 e. The lowest BCUT2D eigenvalue weighted by Gasteiger charge is -2.10. The maximum Gasteiger partial charge on any atom is 0.340 e. The van der Waals surface area contributed by atoms with Crippen molar-refractivity contribution in [1.29, 1.82) is 0 Å². The SMILES string of the molecule is COC(=O)c1ccc(Nc2nc(-c3ccccc3)ccc2[N+](=O)[O-])cc1F. The highest BCUT2D eigenvalue weighted by Gasteiger charge is 2.18. The van der Waals surface area contributed by atoms with Gasteiger partial charge in [0, 0.05) is 17.3 Å². The van der Waals surface area contributed by atoms with Crippen molar-refractivity contribution in [3.8, 4) is 11.3 Å². The summed E-state index contributed by atoms with van der Waals surface area (Å²) < 4.78 is 18.6. The Labute approximate surface area is 153 Å². The van der Waals surface area contributed by atoms with Crippen molar-refractivity contribution in [2.75, 3.05) is 12.4 Å². The molecule has 0 aliphatic rings. The number of carbonyl (C=O) groups excluding carboxylic acids is 1. The van der Waals surface area contributed by atoms with E-state index in [0.717, 1.165) is 18.7 Å². The summed E-state index contributed by atoms with van der Waals surface area (Å²) in [5.41, 5.74) is 1.02. The highest BCUT2D eigenvalue weighted by molar-refractivity contribution is 5.90. The predicted octanol–water partition coefficient (Wildman–Crippen LogP) is 4.33. The van der Waals surface area contributed by atoms with Crippen LogP contribution >= 0.6 is 0 Å². The van der Waals surface area contributed by atoms with Gasteiger partial charge in [0.1, 0.15) is 5.82 Å². The number of rotatable bonds is 5. The van der Waals surface area contributed by atoms with Crippen LogP contribution in [0.4, 0.5) is 21.6 Å². The Balaban J connectivity index is 1.99. The molecule has 0 spiro atoms. The van der Waals surface area contributed by atoms with Crippen LogP contribution in [0.2, 0.25) is 0 Å². The van der Waals surface area contributed by atoms with Crippen LogP contribution in [0, 0.1) is 15.9 Å². The van der Waals surface area contributed by atoms with Crippen molar-refractivity contribution in [2.45, 2.75) is 0 Å². The molecule has 0 unspecified atom stereocenters. The van der Waals surface area contributed by atoms with Crippen molar-refractivity contribution in [3.05, 3.63) is 82.2 Å². The van der Waals surface area contributed by atoms with Gasteiger partial charge in [0.25, 0.3) is 0 Å². The minimum absolute atomic E-state index is 0.0356. The molecule has 0 saturated carbocycles. The lowest BCUT2D eigenvalue weighted by atomic mass is 10.1. The molecule has 0 amide bonds. The molecule has 0 aliphatic carbocycles. The number of hydrogen-bond acceptors (Lipinski definition) is 6. The first-order chi connectivity index (χ1) is 13.0. The van der Waals surface area contributed by atoms with Crippen molar-refractivity contribution in [3.63, 3.8) is 0 Å². The molecule has 1 N–H and O–H groups in total. The fourth-order valence-corrected chi connectivity index (χ4v) is 2.47. The first-order valence-electron chi connectivity index (χ1n) is 7.85. The zero-order valence-corrected chi connectivity index (χ0v) is 14.2. The molecular weight excluding hydrogens is 353 g/mol. The van der Waals surface area contributed by atoms with Crippen LogP contribution in [0.15, 0.2) is 60.7 Å². The molecule has 136 valence electrons. The van der Waals surface area contributed by atoms with Crippen LogP contribution in [0.5, 0.6) is 0 Å². The maximum absolute atomic E-state index is 14.1. The summed E-state index contributed by atoms with van der Waals surface area (Å²) >= 11 is 0. The number of benzene rings is 2. The summed E-state index contributed by atoms with van der Waals surface area (Å²) in [4.78, 5) is 26.5. The Hall–Kier alpha value is -3.81. The fourth-order valence-electron chi connectivity index (χ4n) is 2.47. The van der Waals surface area contributed by atoms with Gasteiger partial charge < -0.3 is 10.1 Å². The van der Waals surface area contributed by atoms with Crippen molar-refractivity contribution >= 4 is 23.2 Å². The Kier molecular flexibility index (Phi) is 5.07. The summed E-state index contributed by atoms with van der Waals surface area (Å²) in [6.45, 7) is 0. The van der Waals surface area contributed by atoms with E-state index in [9.17, 15) is 19.3 Å². The summed E-state index contributed by atoms with van der Waals surface area (Å²) in [5, 5.41) is 14.0. The molecule has 27 heavy (non-hydrogen) atoms. The third-order valence-electron chi connectivity index (χ3n) is 3.78. The second-order valence-corrected chi connectivity index (χ2v) is 5.50. The van der Waals surface area contributed by atoms with Gasteiger partial charge in [0.2, 0.25) is 5.82 Å². The molecule has 1 aromatic heterocycles. The molecule has 3 aromatic rings. The number of nitro groups is 1. The van der Waals surface area contributed by atoms with E-state index in [1.165, 1.54) is 18.2 Å². The number of halogens is 1. The standard InChI is InChI=1S/C19H14FN3O4/c1-27-19(24)14-8-7-13(11-15(14)20)21-18-17(23(25)26)10-9-16(22-18)12-5-3-2-4-6-12/h2-11H,1H3,(H,21,22). The number of hydrogen-bond donors (Lipinski definition) is 1. The molecule has 7 nitrogen and oxygen atoms in total. The Morgan fingerprint density at radius 2 is 1.89 bits per heavy atom. The van der Waals surface area contributed by atoms with Crippen LogP contribution in [0.25, 0.3) is 11.3 Å². The number of anilines is 2. The average Bonchev–Trinajstić information content (AvgIpc) is 2.68. The zero-order chi connectivity index (χ0) is 19.4. The lowest BCUT2D eigenvalue weighted by molar-refractivity contribution is -0.384. The third kappa shape index (κ3) is 3.90. The molecule has 0 saturated heterocycles. The van der Waals surface area contributed by atoms with E-state index in [2.05, 4.69) is 15.0 Å². The van der Waals surface area contributed by atoms with Crippen LogP contribution < -0.4 is 5.32 Å². The van der Waals surface area contributed by atoms with Gasteiger partial charge in [0.05, 0.1) is 23.3 Å². The number of carbonyl (C=O) groups is 1. The van der Waals surface area contributed by atoms with Crippen molar-refractivity contribution in [2.24, 2.45) is 0 Å². The maximum atomic E-state index is 14.1. The summed E-state index contributed by atoms with van der Waals surface area (Å²) in [7, 11) is 1.15. The van der Waals surface area contributed by atoms with E-state index in [4.69, 9.17) is 0 Å². The van der Waals surface area contributed by atoms with E-state index >= 15 is 0 Å². The van der Waals surface area contributed by atoms with E-state index in [0.29, 0.717) is 5.69 Å². The predicted molar refractivity (Wildman–Crippen MR) is 97.3 cm³/mol. The van der Waals surface area contributed by atoms with Crippen LogP contribution in [-0.4, -0.2) is 23.0 Å². The number of esters is 1. The van der Waals surface area contributed by atoms with Crippen LogP contribution in [0.1, 0.15) is 10.4 Å². The number of aromatic nitrogens is 1. The van der Waals surface area contributed by atoms with E-state index in [1.54, 1.807) is 6.07 Å². The molecule has 0 atom stereocenters.